The van der Waals surface area contributed by atoms with Gasteiger partial charge < -0.3 is 14.7 Å². The molecular formula is C18H21NO3. The molecular weight excluding hydrogens is 278 g/mol. The fraction of sp³-hybridized carbons (Fsp3) is 0.611. The molecule has 5 rings (SSSR count). The zero-order valence-electron chi connectivity index (χ0n) is 12.8. The van der Waals surface area contributed by atoms with Gasteiger partial charge in [-0.25, -0.2) is 0 Å². The first kappa shape index (κ1) is 13.1. The molecule has 4 atom stereocenters. The van der Waals surface area contributed by atoms with E-state index in [1.807, 2.05) is 6.07 Å². The summed E-state index contributed by atoms with van der Waals surface area (Å²) in [4.78, 5) is 15.1. The zero-order valence-corrected chi connectivity index (χ0v) is 12.8. The Labute approximate surface area is 130 Å². The standard InChI is InChI=1S/C18H21NO3/c1-19-7-6-18-12-4-5-14(21)17(18)22-16-11(9-20)3-2-10(15(16)18)8-13(12)19/h2-3,12-13,17,20H,4-9H2,1H3. The predicted molar refractivity (Wildman–Crippen MR) is 80.9 cm³/mol. The van der Waals surface area contributed by atoms with Crippen molar-refractivity contribution in [1.82, 2.24) is 4.90 Å². The summed E-state index contributed by atoms with van der Waals surface area (Å²) in [5.74, 6) is 1.59. The van der Waals surface area contributed by atoms with Crippen molar-refractivity contribution in [3.8, 4) is 5.75 Å². The Morgan fingerprint density at radius 1 is 1.45 bits per heavy atom. The molecule has 2 aliphatic carbocycles. The van der Waals surface area contributed by atoms with Crippen molar-refractivity contribution in [2.24, 2.45) is 5.92 Å². The van der Waals surface area contributed by atoms with Crippen LogP contribution in [0.2, 0.25) is 0 Å². The predicted octanol–water partition coefficient (Wildman–Crippen LogP) is 1.42. The Morgan fingerprint density at radius 3 is 3.14 bits per heavy atom. The van der Waals surface area contributed by atoms with E-state index in [1.54, 1.807) is 0 Å². The fourth-order valence-electron chi connectivity index (χ4n) is 5.71. The maximum Gasteiger partial charge on any atom is 0.174 e. The number of ketones is 1. The van der Waals surface area contributed by atoms with Crippen LogP contribution in [0.4, 0.5) is 0 Å². The van der Waals surface area contributed by atoms with Crippen LogP contribution >= 0.6 is 0 Å². The number of hydrogen-bond donors (Lipinski definition) is 1. The summed E-state index contributed by atoms with van der Waals surface area (Å²) < 4.78 is 6.22. The summed E-state index contributed by atoms with van der Waals surface area (Å²) in [5, 5.41) is 9.67. The number of aliphatic hydroxyl groups is 1. The monoisotopic (exact) mass is 299 g/mol. The number of Topliss-reactive ketones (excluding diaryl/α,β-unsaturated/α-hetero) is 1. The first-order valence-electron chi connectivity index (χ1n) is 8.32. The molecule has 2 bridgehead atoms. The number of rotatable bonds is 1. The van der Waals surface area contributed by atoms with Gasteiger partial charge in [0.15, 0.2) is 11.9 Å². The highest BCUT2D eigenvalue weighted by molar-refractivity contribution is 5.89. The van der Waals surface area contributed by atoms with Gasteiger partial charge in [0.1, 0.15) is 5.75 Å². The molecule has 116 valence electrons. The summed E-state index contributed by atoms with van der Waals surface area (Å²) in [6, 6.07) is 4.65. The number of ether oxygens (including phenoxy) is 1. The average molecular weight is 299 g/mol. The van der Waals surface area contributed by atoms with Gasteiger partial charge in [-0.15, -0.1) is 0 Å². The lowest BCUT2D eigenvalue weighted by molar-refractivity contribution is -0.138. The van der Waals surface area contributed by atoms with Gasteiger partial charge in [-0.3, -0.25) is 4.79 Å². The van der Waals surface area contributed by atoms with Gasteiger partial charge >= 0.3 is 0 Å². The molecule has 1 saturated heterocycles. The third kappa shape index (κ3) is 1.30. The first-order valence-corrected chi connectivity index (χ1v) is 8.32. The number of likely N-dealkylation sites (tertiary alicyclic amines) is 1. The van der Waals surface area contributed by atoms with Gasteiger partial charge in [0.05, 0.1) is 6.61 Å². The van der Waals surface area contributed by atoms with E-state index in [2.05, 4.69) is 18.0 Å². The molecule has 2 heterocycles. The van der Waals surface area contributed by atoms with Crippen LogP contribution in [0, 0.1) is 5.92 Å². The quantitative estimate of drug-likeness (QED) is 0.852. The maximum atomic E-state index is 12.6. The van der Waals surface area contributed by atoms with Gasteiger partial charge in [0.25, 0.3) is 0 Å². The van der Waals surface area contributed by atoms with Gasteiger partial charge in [-0.05, 0) is 44.3 Å². The van der Waals surface area contributed by atoms with Crippen molar-refractivity contribution < 1.29 is 14.6 Å². The van der Waals surface area contributed by atoms with Gasteiger partial charge in [0.2, 0.25) is 0 Å². The molecule has 2 fully saturated rings. The third-order valence-electron chi connectivity index (χ3n) is 6.66. The topological polar surface area (TPSA) is 49.8 Å². The van der Waals surface area contributed by atoms with E-state index in [4.69, 9.17) is 4.74 Å². The highest BCUT2D eigenvalue weighted by Gasteiger charge is 2.65. The molecule has 4 aliphatic rings. The lowest BCUT2D eigenvalue weighted by Gasteiger charge is -2.57. The number of piperidine rings is 1. The van der Waals surface area contributed by atoms with E-state index < -0.39 is 0 Å². The van der Waals surface area contributed by atoms with Crippen LogP contribution in [0.5, 0.6) is 5.75 Å². The summed E-state index contributed by atoms with van der Waals surface area (Å²) in [7, 11) is 2.22. The second-order valence-corrected chi connectivity index (χ2v) is 7.40. The number of aliphatic hydroxyl groups excluding tert-OH is 1. The first-order chi connectivity index (χ1) is 10.7. The Balaban J connectivity index is 1.81. The number of carbonyl (C=O) groups excluding carboxylic acids is 1. The molecule has 1 N–H and O–H groups in total. The number of benzene rings is 1. The van der Waals surface area contributed by atoms with Crippen LogP contribution in [-0.4, -0.2) is 41.5 Å². The van der Waals surface area contributed by atoms with Crippen LogP contribution in [0.3, 0.4) is 0 Å². The fourth-order valence-corrected chi connectivity index (χ4v) is 5.71. The summed E-state index contributed by atoms with van der Waals surface area (Å²) in [6.45, 7) is 1.00. The number of nitrogens with zero attached hydrogens (tertiary/aromatic N) is 1. The van der Waals surface area contributed by atoms with E-state index >= 15 is 0 Å². The van der Waals surface area contributed by atoms with Gasteiger partial charge in [0, 0.05) is 29.0 Å². The Bertz CT molecular complexity index is 685. The van der Waals surface area contributed by atoms with Crippen LogP contribution in [-0.2, 0) is 23.2 Å². The summed E-state index contributed by atoms with van der Waals surface area (Å²) in [6.07, 6.45) is 3.34. The molecule has 4 nitrogen and oxygen atoms in total. The summed E-state index contributed by atoms with van der Waals surface area (Å²) >= 11 is 0. The average Bonchev–Trinajstić information content (AvgIpc) is 2.88. The number of hydrogen-bond acceptors (Lipinski definition) is 4. The van der Waals surface area contributed by atoms with Crippen molar-refractivity contribution in [2.45, 2.75) is 49.9 Å². The van der Waals surface area contributed by atoms with Gasteiger partial charge in [-0.2, -0.15) is 0 Å². The molecule has 0 amide bonds. The molecule has 1 aromatic rings. The van der Waals surface area contributed by atoms with Crippen molar-refractivity contribution in [3.63, 3.8) is 0 Å². The van der Waals surface area contributed by atoms with Crippen LogP contribution < -0.4 is 4.74 Å². The van der Waals surface area contributed by atoms with Crippen molar-refractivity contribution in [1.29, 1.82) is 0 Å². The summed E-state index contributed by atoms with van der Waals surface area (Å²) in [5.41, 5.74) is 3.32. The molecule has 2 aliphatic heterocycles. The molecule has 4 heteroatoms. The number of carbonyl (C=O) groups is 1. The van der Waals surface area contributed by atoms with Crippen molar-refractivity contribution >= 4 is 5.78 Å². The zero-order chi connectivity index (χ0) is 15.1. The molecule has 22 heavy (non-hydrogen) atoms. The lowest BCUT2D eigenvalue weighted by Crippen LogP contribution is -2.65. The van der Waals surface area contributed by atoms with E-state index in [-0.39, 0.29) is 23.9 Å². The van der Waals surface area contributed by atoms with E-state index in [1.165, 1.54) is 11.1 Å². The van der Waals surface area contributed by atoms with Crippen LogP contribution in [0.1, 0.15) is 36.0 Å². The van der Waals surface area contributed by atoms with E-state index in [0.29, 0.717) is 18.4 Å². The van der Waals surface area contributed by atoms with E-state index in [9.17, 15) is 9.90 Å². The van der Waals surface area contributed by atoms with Crippen molar-refractivity contribution in [2.75, 3.05) is 13.6 Å². The molecule has 4 unspecified atom stereocenters. The second kappa shape index (κ2) is 4.12. The van der Waals surface area contributed by atoms with Crippen molar-refractivity contribution in [3.05, 3.63) is 28.8 Å². The largest absolute Gasteiger partial charge is 0.481 e. The van der Waals surface area contributed by atoms with Crippen LogP contribution in [0.25, 0.3) is 0 Å². The molecule has 0 radical (unpaired) electrons. The molecule has 1 saturated carbocycles. The number of likely N-dealkylation sites (N-methyl/N-ethyl adjacent to an activating group) is 1. The minimum atomic E-state index is -0.316. The SMILES string of the molecule is CN1CCC23c4c5ccc(CO)c4OC2C(=O)CCC3C1C5. The molecule has 1 spiro atoms. The minimum Gasteiger partial charge on any atom is -0.481 e. The Kier molecular flexibility index (Phi) is 2.45. The minimum absolute atomic E-state index is 0.0202. The second-order valence-electron chi connectivity index (χ2n) is 7.40. The molecule has 1 aromatic carbocycles. The van der Waals surface area contributed by atoms with E-state index in [0.717, 1.165) is 37.1 Å². The third-order valence-corrected chi connectivity index (χ3v) is 6.66. The highest BCUT2D eigenvalue weighted by atomic mass is 16.5. The Morgan fingerprint density at radius 2 is 2.32 bits per heavy atom. The molecule has 0 aromatic heterocycles. The van der Waals surface area contributed by atoms with Gasteiger partial charge in [-0.1, -0.05) is 12.1 Å². The van der Waals surface area contributed by atoms with Crippen LogP contribution in [0.15, 0.2) is 12.1 Å². The maximum absolute atomic E-state index is 12.6. The highest BCUT2D eigenvalue weighted by Crippen LogP contribution is 2.61. The normalized spacial score (nSPS) is 38.6. The smallest absolute Gasteiger partial charge is 0.174 e. The Hall–Kier alpha value is -1.39. The lowest BCUT2D eigenvalue weighted by atomic mass is 9.51.